The number of thiophene rings is 1. The summed E-state index contributed by atoms with van der Waals surface area (Å²) in [4.78, 5) is 17.5. The van der Waals surface area contributed by atoms with Crippen LogP contribution in [0.25, 0.3) is 0 Å². The zero-order valence-corrected chi connectivity index (χ0v) is 15.2. The van der Waals surface area contributed by atoms with E-state index in [0.717, 1.165) is 19.3 Å². The Kier molecular flexibility index (Phi) is 5.36. The summed E-state index contributed by atoms with van der Waals surface area (Å²) in [7, 11) is 0. The van der Waals surface area contributed by atoms with Crippen LogP contribution in [0, 0.1) is 12.8 Å². The van der Waals surface area contributed by atoms with Crippen LogP contribution >= 0.6 is 11.3 Å². The summed E-state index contributed by atoms with van der Waals surface area (Å²) in [6, 6.07) is 12.4. The van der Waals surface area contributed by atoms with E-state index in [-0.39, 0.29) is 24.5 Å². The third-order valence-corrected chi connectivity index (χ3v) is 5.91. The van der Waals surface area contributed by atoms with E-state index in [1.165, 1.54) is 20.9 Å². The molecular weight excluding hydrogens is 318 g/mol. The van der Waals surface area contributed by atoms with E-state index in [0.29, 0.717) is 6.54 Å². The summed E-state index contributed by atoms with van der Waals surface area (Å²) in [6.45, 7) is 4.73. The fraction of sp³-hybridized carbons (Fsp3) is 0.450. The van der Waals surface area contributed by atoms with Gasteiger partial charge in [0.15, 0.2) is 0 Å². The van der Waals surface area contributed by atoms with E-state index in [1.807, 2.05) is 24.0 Å². The van der Waals surface area contributed by atoms with Crippen molar-refractivity contribution in [1.82, 2.24) is 4.90 Å². The lowest BCUT2D eigenvalue weighted by Crippen LogP contribution is -2.44. The predicted molar refractivity (Wildman–Crippen MR) is 98.1 cm³/mol. The van der Waals surface area contributed by atoms with Crippen LogP contribution in [-0.2, 0) is 24.2 Å². The Morgan fingerprint density at radius 2 is 1.92 bits per heavy atom. The highest BCUT2D eigenvalue weighted by atomic mass is 32.1. The molecule has 3 nitrogen and oxygen atoms in total. The number of hydrogen-bond donors (Lipinski definition) is 1. The van der Waals surface area contributed by atoms with Crippen LogP contribution in [0.2, 0.25) is 0 Å². The predicted octanol–water partition coefficient (Wildman–Crippen LogP) is 3.57. The Balaban J connectivity index is 1.79. The van der Waals surface area contributed by atoms with Crippen molar-refractivity contribution in [1.29, 1.82) is 0 Å². The number of carbonyl (C=O) groups excluding carboxylic acids is 1. The summed E-state index contributed by atoms with van der Waals surface area (Å²) in [5.74, 6) is 0.183. The molecule has 1 aromatic heterocycles. The molecule has 24 heavy (non-hydrogen) atoms. The molecule has 1 amide bonds. The molecule has 1 N–H and O–H groups in total. The maximum Gasteiger partial charge on any atom is 0.227 e. The standard InChI is InChI=1S/C20H25NO2S/c1-3-18(13-22)21(12-19-9-8-14(2)24-19)20(23)17-10-15-6-4-5-7-16(15)11-17/h4-9,17-18,22H,3,10-13H2,1-2H3. The molecule has 1 aromatic carbocycles. The van der Waals surface area contributed by atoms with E-state index in [4.69, 9.17) is 0 Å². The number of hydrogen-bond acceptors (Lipinski definition) is 3. The van der Waals surface area contributed by atoms with Crippen LogP contribution in [0.5, 0.6) is 0 Å². The molecule has 0 bridgehead atoms. The first-order valence-corrected chi connectivity index (χ1v) is 9.47. The van der Waals surface area contributed by atoms with Gasteiger partial charge >= 0.3 is 0 Å². The number of aryl methyl sites for hydroxylation is 1. The zero-order chi connectivity index (χ0) is 17.1. The molecule has 4 heteroatoms. The molecule has 1 unspecified atom stereocenters. The molecule has 0 aliphatic heterocycles. The molecule has 0 radical (unpaired) electrons. The lowest BCUT2D eigenvalue weighted by Gasteiger charge is -2.32. The number of aliphatic hydroxyl groups is 1. The normalized spacial score (nSPS) is 15.3. The Morgan fingerprint density at radius 1 is 1.25 bits per heavy atom. The summed E-state index contributed by atoms with van der Waals surface area (Å²) in [5.41, 5.74) is 2.58. The summed E-state index contributed by atoms with van der Waals surface area (Å²) >= 11 is 1.73. The molecule has 1 atom stereocenters. The third kappa shape index (κ3) is 3.55. The van der Waals surface area contributed by atoms with Crippen LogP contribution in [0.4, 0.5) is 0 Å². The van der Waals surface area contributed by atoms with Gasteiger partial charge in [-0.15, -0.1) is 11.3 Å². The van der Waals surface area contributed by atoms with Gasteiger partial charge < -0.3 is 10.0 Å². The van der Waals surface area contributed by atoms with Gasteiger partial charge in [0.2, 0.25) is 5.91 Å². The smallest absolute Gasteiger partial charge is 0.227 e. The van der Waals surface area contributed by atoms with Crippen LogP contribution in [0.3, 0.4) is 0 Å². The number of aliphatic hydroxyl groups excluding tert-OH is 1. The van der Waals surface area contributed by atoms with Crippen molar-refractivity contribution in [3.63, 3.8) is 0 Å². The van der Waals surface area contributed by atoms with Gasteiger partial charge in [-0.3, -0.25) is 4.79 Å². The fourth-order valence-electron chi connectivity index (χ4n) is 3.54. The minimum atomic E-state index is -0.108. The number of benzene rings is 1. The minimum absolute atomic E-state index is 0.00376. The molecule has 2 aromatic rings. The molecule has 3 rings (SSSR count). The van der Waals surface area contributed by atoms with Crippen molar-refractivity contribution in [3.8, 4) is 0 Å². The highest BCUT2D eigenvalue weighted by molar-refractivity contribution is 7.11. The Hall–Kier alpha value is -1.65. The quantitative estimate of drug-likeness (QED) is 0.871. The lowest BCUT2D eigenvalue weighted by molar-refractivity contribution is -0.139. The molecule has 128 valence electrons. The molecular formula is C20H25NO2S. The number of amides is 1. The van der Waals surface area contributed by atoms with Gasteiger partial charge in [0, 0.05) is 15.7 Å². The third-order valence-electron chi connectivity index (χ3n) is 4.93. The van der Waals surface area contributed by atoms with Crippen LogP contribution in [-0.4, -0.2) is 28.6 Å². The number of carbonyl (C=O) groups is 1. The fourth-order valence-corrected chi connectivity index (χ4v) is 4.43. The van der Waals surface area contributed by atoms with Gasteiger partial charge in [0.05, 0.1) is 19.2 Å². The highest BCUT2D eigenvalue weighted by Gasteiger charge is 2.33. The number of rotatable bonds is 6. The van der Waals surface area contributed by atoms with Crippen molar-refractivity contribution in [2.75, 3.05) is 6.61 Å². The summed E-state index contributed by atoms with van der Waals surface area (Å²) < 4.78 is 0. The van der Waals surface area contributed by atoms with Gasteiger partial charge in [-0.25, -0.2) is 0 Å². The Bertz CT molecular complexity index is 680. The maximum absolute atomic E-state index is 13.2. The lowest BCUT2D eigenvalue weighted by atomic mass is 10.0. The van der Waals surface area contributed by atoms with Crippen LogP contribution in [0.1, 0.15) is 34.2 Å². The highest BCUT2D eigenvalue weighted by Crippen LogP contribution is 2.29. The van der Waals surface area contributed by atoms with E-state index < -0.39 is 0 Å². The Morgan fingerprint density at radius 3 is 2.42 bits per heavy atom. The average Bonchev–Trinajstić information content (AvgIpc) is 3.20. The van der Waals surface area contributed by atoms with Gasteiger partial charge in [-0.1, -0.05) is 31.2 Å². The van der Waals surface area contributed by atoms with Crippen LogP contribution in [0.15, 0.2) is 36.4 Å². The zero-order valence-electron chi connectivity index (χ0n) is 14.4. The maximum atomic E-state index is 13.2. The molecule has 1 heterocycles. The Labute approximate surface area is 147 Å². The molecule has 1 aliphatic rings. The van der Waals surface area contributed by atoms with Gasteiger partial charge in [-0.05, 0) is 49.4 Å². The molecule has 0 saturated carbocycles. The number of fused-ring (bicyclic) bond motifs is 1. The first-order chi connectivity index (χ1) is 11.6. The van der Waals surface area contributed by atoms with Gasteiger partial charge in [0.1, 0.15) is 0 Å². The second kappa shape index (κ2) is 7.49. The van der Waals surface area contributed by atoms with E-state index in [1.54, 1.807) is 11.3 Å². The van der Waals surface area contributed by atoms with Crippen molar-refractivity contribution >= 4 is 17.2 Å². The summed E-state index contributed by atoms with van der Waals surface area (Å²) in [6.07, 6.45) is 2.40. The van der Waals surface area contributed by atoms with Crippen molar-refractivity contribution in [2.24, 2.45) is 5.92 Å². The molecule has 1 aliphatic carbocycles. The molecule has 0 spiro atoms. The van der Waals surface area contributed by atoms with Gasteiger partial charge in [0.25, 0.3) is 0 Å². The van der Waals surface area contributed by atoms with Crippen molar-refractivity contribution in [2.45, 2.75) is 45.7 Å². The van der Waals surface area contributed by atoms with Gasteiger partial charge in [-0.2, -0.15) is 0 Å². The van der Waals surface area contributed by atoms with E-state index in [9.17, 15) is 9.90 Å². The monoisotopic (exact) mass is 343 g/mol. The topological polar surface area (TPSA) is 40.5 Å². The second-order valence-corrected chi connectivity index (χ2v) is 7.97. The van der Waals surface area contributed by atoms with Crippen molar-refractivity contribution in [3.05, 3.63) is 57.3 Å². The van der Waals surface area contributed by atoms with Crippen LogP contribution < -0.4 is 0 Å². The average molecular weight is 343 g/mol. The number of nitrogens with zero attached hydrogens (tertiary/aromatic N) is 1. The van der Waals surface area contributed by atoms with Crippen molar-refractivity contribution < 1.29 is 9.90 Å². The molecule has 0 saturated heterocycles. The SMILES string of the molecule is CCC(CO)N(Cc1ccc(C)s1)C(=O)C1Cc2ccccc2C1. The first-order valence-electron chi connectivity index (χ1n) is 8.65. The summed E-state index contributed by atoms with van der Waals surface area (Å²) in [5, 5.41) is 9.75. The largest absolute Gasteiger partial charge is 0.394 e. The van der Waals surface area contributed by atoms with E-state index >= 15 is 0 Å². The van der Waals surface area contributed by atoms with E-state index in [2.05, 4.69) is 31.2 Å². The minimum Gasteiger partial charge on any atom is -0.394 e. The second-order valence-electron chi connectivity index (χ2n) is 6.60. The molecule has 0 fully saturated rings. The first kappa shape index (κ1) is 17.2.